The van der Waals surface area contributed by atoms with Crippen molar-refractivity contribution in [3.8, 4) is 0 Å². The van der Waals surface area contributed by atoms with E-state index in [1.54, 1.807) is 11.9 Å². The normalized spacial score (nSPS) is 31.9. The molecule has 7 atom stereocenters. The van der Waals surface area contributed by atoms with Crippen LogP contribution in [0.4, 0.5) is 0 Å². The van der Waals surface area contributed by atoms with E-state index in [9.17, 15) is 24.3 Å². The SMILES string of the molecule is CC(=O)C[C@H](C)[C@H]1C(=O)N2C(C(=O)O)=C(S[C@@H]3CN[C@H](C(=O)N4CC[C@H](N)C4)C3)[C@H](C)[C@@H]12.CNC=O. The highest BCUT2D eigenvalue weighted by molar-refractivity contribution is 8.03. The summed E-state index contributed by atoms with van der Waals surface area (Å²) in [4.78, 5) is 62.3. The van der Waals surface area contributed by atoms with Crippen LogP contribution >= 0.6 is 11.8 Å². The first-order chi connectivity index (χ1) is 17.0. The Morgan fingerprint density at radius 1 is 1.36 bits per heavy atom. The number of nitrogens with one attached hydrogen (secondary N) is 2. The smallest absolute Gasteiger partial charge is 0.353 e. The third kappa shape index (κ3) is 5.60. The summed E-state index contributed by atoms with van der Waals surface area (Å²) in [6, 6.07) is -0.470. The van der Waals surface area contributed by atoms with Crippen molar-refractivity contribution in [1.82, 2.24) is 20.4 Å². The summed E-state index contributed by atoms with van der Waals surface area (Å²) in [6.45, 7) is 7.23. The summed E-state index contributed by atoms with van der Waals surface area (Å²) >= 11 is 1.48. The lowest BCUT2D eigenvalue weighted by Crippen LogP contribution is -2.62. The van der Waals surface area contributed by atoms with Gasteiger partial charge < -0.3 is 36.1 Å². The molecule has 3 fully saturated rings. The number of carbonyl (C=O) groups excluding carboxylic acids is 4. The molecule has 0 saturated carbocycles. The molecule has 5 N–H and O–H groups in total. The van der Waals surface area contributed by atoms with Gasteiger partial charge in [-0.2, -0.15) is 0 Å². The van der Waals surface area contributed by atoms with Crippen molar-refractivity contribution >= 4 is 41.7 Å². The number of ketones is 1. The molecule has 3 saturated heterocycles. The van der Waals surface area contributed by atoms with Crippen LogP contribution in [0.2, 0.25) is 0 Å². The van der Waals surface area contributed by atoms with Gasteiger partial charge in [-0.05, 0) is 25.7 Å². The molecule has 36 heavy (non-hydrogen) atoms. The van der Waals surface area contributed by atoms with Crippen LogP contribution in [0.1, 0.15) is 40.0 Å². The number of carboxylic acids is 1. The number of nitrogens with two attached hydrogens (primary N) is 1. The number of Topliss-reactive ketones (excluding diaryl/α,β-unsaturated/α-hetero) is 1. The summed E-state index contributed by atoms with van der Waals surface area (Å²) in [5.74, 6) is -1.78. The molecule has 3 amide bonds. The van der Waals surface area contributed by atoms with Crippen molar-refractivity contribution < 1.29 is 29.1 Å². The zero-order valence-corrected chi connectivity index (χ0v) is 22.0. The van der Waals surface area contributed by atoms with Gasteiger partial charge in [0.2, 0.25) is 18.2 Å². The number of hydrogen-bond donors (Lipinski definition) is 4. The fourth-order valence-corrected chi connectivity index (χ4v) is 7.19. The van der Waals surface area contributed by atoms with Gasteiger partial charge >= 0.3 is 5.97 Å². The number of nitrogens with zero attached hydrogens (tertiary/aromatic N) is 2. The van der Waals surface area contributed by atoms with Gasteiger partial charge in [0, 0.05) is 55.2 Å². The van der Waals surface area contributed by atoms with Crippen LogP contribution in [0.15, 0.2) is 10.6 Å². The second kappa shape index (κ2) is 11.7. The quantitative estimate of drug-likeness (QED) is 0.248. The second-order valence-electron chi connectivity index (χ2n) is 10.1. The van der Waals surface area contributed by atoms with E-state index in [0.29, 0.717) is 43.8 Å². The molecule has 0 radical (unpaired) electrons. The van der Waals surface area contributed by atoms with Crippen molar-refractivity contribution in [3.05, 3.63) is 10.6 Å². The highest BCUT2D eigenvalue weighted by Gasteiger charge is 2.60. The summed E-state index contributed by atoms with van der Waals surface area (Å²) in [5, 5.41) is 15.5. The van der Waals surface area contributed by atoms with Crippen LogP contribution in [-0.2, 0) is 24.0 Å². The molecule has 4 aliphatic heterocycles. The average molecular weight is 524 g/mol. The second-order valence-corrected chi connectivity index (χ2v) is 11.4. The predicted molar refractivity (Wildman–Crippen MR) is 134 cm³/mol. The highest BCUT2D eigenvalue weighted by atomic mass is 32.2. The Labute approximate surface area is 215 Å². The third-order valence-electron chi connectivity index (χ3n) is 7.35. The molecule has 0 aromatic heterocycles. The molecule has 0 unspecified atom stereocenters. The Balaban J connectivity index is 0.000000840. The molecule has 4 heterocycles. The van der Waals surface area contributed by atoms with Crippen molar-refractivity contribution in [2.75, 3.05) is 26.7 Å². The molecule has 0 bridgehead atoms. The van der Waals surface area contributed by atoms with Crippen molar-refractivity contribution in [1.29, 1.82) is 0 Å². The van der Waals surface area contributed by atoms with Gasteiger partial charge in [-0.25, -0.2) is 4.79 Å². The maximum atomic E-state index is 12.9. The number of rotatable bonds is 8. The van der Waals surface area contributed by atoms with E-state index in [2.05, 4.69) is 10.6 Å². The molecular formula is C24H37N5O6S. The number of aliphatic carboxylic acids is 1. The van der Waals surface area contributed by atoms with Crippen LogP contribution in [0, 0.1) is 17.8 Å². The molecule has 0 aliphatic carbocycles. The minimum Gasteiger partial charge on any atom is -0.477 e. The number of likely N-dealkylation sites (tertiary alicyclic amines) is 1. The summed E-state index contributed by atoms with van der Waals surface area (Å²) in [6.07, 6.45) is 2.37. The van der Waals surface area contributed by atoms with E-state index in [1.165, 1.54) is 23.6 Å². The fourth-order valence-electron chi connectivity index (χ4n) is 5.72. The molecule has 0 spiro atoms. The lowest BCUT2D eigenvalue weighted by Gasteiger charge is -2.47. The Morgan fingerprint density at radius 2 is 2.03 bits per heavy atom. The monoisotopic (exact) mass is 523 g/mol. The molecule has 11 nitrogen and oxygen atoms in total. The molecule has 4 rings (SSSR count). The van der Waals surface area contributed by atoms with Gasteiger partial charge in [-0.3, -0.25) is 14.4 Å². The van der Waals surface area contributed by atoms with Gasteiger partial charge in [-0.15, -0.1) is 11.8 Å². The van der Waals surface area contributed by atoms with Crippen molar-refractivity contribution in [3.63, 3.8) is 0 Å². The fraction of sp³-hybridized carbons (Fsp3) is 0.708. The minimum atomic E-state index is -1.10. The van der Waals surface area contributed by atoms with Gasteiger partial charge in [0.1, 0.15) is 11.5 Å². The van der Waals surface area contributed by atoms with Gasteiger partial charge in [0.15, 0.2) is 0 Å². The molecular weight excluding hydrogens is 486 g/mol. The van der Waals surface area contributed by atoms with Crippen LogP contribution in [-0.4, -0.2) is 94.9 Å². The summed E-state index contributed by atoms with van der Waals surface area (Å²) in [7, 11) is 1.56. The third-order valence-corrected chi connectivity index (χ3v) is 8.86. The lowest BCUT2D eigenvalue weighted by molar-refractivity contribution is -0.160. The van der Waals surface area contributed by atoms with E-state index < -0.39 is 5.97 Å². The number of thioether (sulfide) groups is 1. The highest BCUT2D eigenvalue weighted by Crippen LogP contribution is 2.53. The van der Waals surface area contributed by atoms with Crippen molar-refractivity contribution in [2.45, 2.75) is 63.4 Å². The first kappa shape index (κ1) is 28.1. The van der Waals surface area contributed by atoms with Crippen LogP contribution < -0.4 is 16.4 Å². The number of amides is 3. The molecule has 12 heteroatoms. The van der Waals surface area contributed by atoms with Gasteiger partial charge in [0.25, 0.3) is 0 Å². The molecule has 200 valence electrons. The standard InChI is InChI=1S/C22H32N4O5S.C2H5NO/c1-10(6-11(2)27)16-17-12(3)19(18(22(30)31)26(17)21(16)29)32-14-7-15(24-8-14)20(28)25-5-4-13(23)9-25;1-3-2-4/h10,12-17,24H,4-9,23H2,1-3H3,(H,30,31);2H,1H3,(H,3,4)/t10-,12+,13-,14-,15-,16+,17-;/m0./s1. The predicted octanol–water partition coefficient (Wildman–Crippen LogP) is -0.240. The molecule has 0 aromatic rings. The zero-order valence-electron chi connectivity index (χ0n) is 21.2. The zero-order chi connectivity index (χ0) is 26.7. The molecule has 0 aromatic carbocycles. The first-order valence-electron chi connectivity index (χ1n) is 12.4. The van der Waals surface area contributed by atoms with E-state index in [4.69, 9.17) is 10.5 Å². The number of hydrogen-bond acceptors (Lipinski definition) is 8. The number of fused-ring (bicyclic) bond motifs is 1. The Bertz CT molecular complexity index is 942. The first-order valence-corrected chi connectivity index (χ1v) is 13.2. The van der Waals surface area contributed by atoms with E-state index in [0.717, 1.165) is 6.42 Å². The van der Waals surface area contributed by atoms with E-state index >= 15 is 0 Å². The average Bonchev–Trinajstić information content (AvgIpc) is 3.51. The van der Waals surface area contributed by atoms with Gasteiger partial charge in [-0.1, -0.05) is 13.8 Å². The van der Waals surface area contributed by atoms with Gasteiger partial charge in [0.05, 0.1) is 18.0 Å². The summed E-state index contributed by atoms with van der Waals surface area (Å²) in [5.41, 5.74) is 6.00. The maximum absolute atomic E-state index is 12.9. The van der Waals surface area contributed by atoms with Crippen LogP contribution in [0.5, 0.6) is 0 Å². The number of β-lactam (4-membered cyclic amide) rings is 1. The number of carboxylic acid groups (broad SMARTS) is 1. The Kier molecular flexibility index (Phi) is 9.18. The van der Waals surface area contributed by atoms with Crippen molar-refractivity contribution in [2.24, 2.45) is 23.5 Å². The topological polar surface area (TPSA) is 162 Å². The van der Waals surface area contributed by atoms with E-state index in [1.807, 2.05) is 13.8 Å². The Hall–Kier alpha value is -2.44. The van der Waals surface area contributed by atoms with E-state index in [-0.39, 0.29) is 64.4 Å². The maximum Gasteiger partial charge on any atom is 0.353 e. The lowest BCUT2D eigenvalue weighted by atomic mass is 9.73. The largest absolute Gasteiger partial charge is 0.477 e. The van der Waals surface area contributed by atoms with Crippen LogP contribution in [0.25, 0.3) is 0 Å². The minimum absolute atomic E-state index is 0.0297. The summed E-state index contributed by atoms with van der Waals surface area (Å²) < 4.78 is 0. The number of carbonyl (C=O) groups is 5. The van der Waals surface area contributed by atoms with Crippen LogP contribution in [0.3, 0.4) is 0 Å². The Morgan fingerprint density at radius 3 is 2.56 bits per heavy atom. The molecule has 4 aliphatic rings.